The number of aromatic nitrogens is 1. The number of nitrogens with zero attached hydrogens (tertiary/aromatic N) is 2. The van der Waals surface area contributed by atoms with Crippen LogP contribution in [-0.2, 0) is 4.79 Å². The molecule has 0 bridgehead atoms. The summed E-state index contributed by atoms with van der Waals surface area (Å²) < 4.78 is 0. The zero-order valence-corrected chi connectivity index (χ0v) is 17.7. The summed E-state index contributed by atoms with van der Waals surface area (Å²) in [5.74, 6) is 0.596. The molecule has 2 amide bonds. The van der Waals surface area contributed by atoms with Crippen molar-refractivity contribution in [1.29, 1.82) is 0 Å². The fourth-order valence-corrected chi connectivity index (χ4v) is 4.21. The summed E-state index contributed by atoms with van der Waals surface area (Å²) in [4.78, 5) is 31.3. The number of thiazole rings is 1. The molecule has 2 aromatic rings. The summed E-state index contributed by atoms with van der Waals surface area (Å²) in [5, 5.41) is 5.67. The van der Waals surface area contributed by atoms with E-state index in [0.717, 1.165) is 36.4 Å². The van der Waals surface area contributed by atoms with Crippen LogP contribution >= 0.6 is 11.3 Å². The van der Waals surface area contributed by atoms with Gasteiger partial charge < -0.3 is 10.2 Å². The first-order valence-electron chi connectivity index (χ1n) is 10.1. The highest BCUT2D eigenvalue weighted by atomic mass is 32.1. The molecule has 2 heterocycles. The molecule has 28 heavy (non-hydrogen) atoms. The first kappa shape index (κ1) is 20.5. The minimum atomic E-state index is -0.0336. The van der Waals surface area contributed by atoms with Crippen LogP contribution in [0.3, 0.4) is 0 Å². The maximum atomic E-state index is 12.8. The van der Waals surface area contributed by atoms with Gasteiger partial charge in [0, 0.05) is 36.5 Å². The van der Waals surface area contributed by atoms with Crippen LogP contribution in [0.25, 0.3) is 10.6 Å². The summed E-state index contributed by atoms with van der Waals surface area (Å²) >= 11 is 1.50. The summed E-state index contributed by atoms with van der Waals surface area (Å²) in [5.41, 5.74) is 2.84. The molecule has 0 unspecified atom stereocenters. The molecule has 0 aliphatic carbocycles. The molecule has 6 heteroatoms. The van der Waals surface area contributed by atoms with Crippen LogP contribution < -0.4 is 5.32 Å². The van der Waals surface area contributed by atoms with Crippen molar-refractivity contribution in [3.63, 3.8) is 0 Å². The van der Waals surface area contributed by atoms with E-state index >= 15 is 0 Å². The number of hydrogen-bond acceptors (Lipinski definition) is 4. The van der Waals surface area contributed by atoms with Crippen LogP contribution in [0.4, 0.5) is 0 Å². The Morgan fingerprint density at radius 3 is 2.50 bits per heavy atom. The Labute approximate surface area is 171 Å². The number of piperidine rings is 1. The third kappa shape index (κ3) is 4.79. The van der Waals surface area contributed by atoms with Gasteiger partial charge in [-0.2, -0.15) is 0 Å². The number of benzene rings is 1. The molecule has 150 valence electrons. The third-order valence-corrected chi connectivity index (χ3v) is 6.14. The van der Waals surface area contributed by atoms with Crippen LogP contribution in [0.5, 0.6) is 0 Å². The van der Waals surface area contributed by atoms with Crippen LogP contribution in [0.15, 0.2) is 29.6 Å². The van der Waals surface area contributed by atoms with Crippen molar-refractivity contribution in [2.75, 3.05) is 19.6 Å². The van der Waals surface area contributed by atoms with E-state index < -0.39 is 0 Å². The van der Waals surface area contributed by atoms with E-state index in [2.05, 4.69) is 48.4 Å². The number of likely N-dealkylation sites (tertiary alicyclic amines) is 1. The summed E-state index contributed by atoms with van der Waals surface area (Å²) in [6.07, 6.45) is 2.37. The smallest absolute Gasteiger partial charge is 0.273 e. The topological polar surface area (TPSA) is 62.3 Å². The van der Waals surface area contributed by atoms with Crippen LogP contribution in [0.1, 0.15) is 62.0 Å². The van der Waals surface area contributed by atoms with Gasteiger partial charge in [0.25, 0.3) is 5.91 Å². The zero-order valence-electron chi connectivity index (χ0n) is 16.9. The van der Waals surface area contributed by atoms with Crippen molar-refractivity contribution < 1.29 is 9.59 Å². The number of carbonyl (C=O) groups excluding carboxylic acids is 2. The molecule has 1 aliphatic rings. The minimum absolute atomic E-state index is 0.0149. The highest BCUT2D eigenvalue weighted by Crippen LogP contribution is 2.27. The number of hydrogen-bond donors (Lipinski definition) is 1. The van der Waals surface area contributed by atoms with Crippen molar-refractivity contribution in [2.24, 2.45) is 5.92 Å². The monoisotopic (exact) mass is 399 g/mol. The van der Waals surface area contributed by atoms with Crippen molar-refractivity contribution in [3.8, 4) is 10.6 Å². The van der Waals surface area contributed by atoms with Gasteiger partial charge in [0.15, 0.2) is 0 Å². The van der Waals surface area contributed by atoms with Gasteiger partial charge in [0.1, 0.15) is 10.7 Å². The predicted molar refractivity (Wildman–Crippen MR) is 114 cm³/mol. The average molecular weight is 400 g/mol. The van der Waals surface area contributed by atoms with Gasteiger partial charge in [-0.25, -0.2) is 4.98 Å². The van der Waals surface area contributed by atoms with Crippen molar-refractivity contribution in [1.82, 2.24) is 15.2 Å². The first-order chi connectivity index (χ1) is 13.5. The Hall–Kier alpha value is -2.21. The largest absolute Gasteiger partial charge is 0.356 e. The fraction of sp³-hybridized carbons (Fsp3) is 0.500. The standard InChI is InChI=1S/C22H29N3O2S/c1-4-11-23-20(26)17-9-12-25(13-10-17)22(27)19-14-28-21(24-19)18-7-5-16(6-8-18)15(2)3/h5-8,14-15,17H,4,9-13H2,1-3H3,(H,23,26). The SMILES string of the molecule is CCCNC(=O)C1CCN(C(=O)c2csc(-c3ccc(C(C)C)cc3)n2)CC1. The zero-order chi connectivity index (χ0) is 20.1. The Kier molecular flexibility index (Phi) is 6.83. The lowest BCUT2D eigenvalue weighted by Gasteiger charge is -2.30. The summed E-state index contributed by atoms with van der Waals surface area (Å²) in [6, 6.07) is 8.39. The van der Waals surface area contributed by atoms with Crippen LogP contribution in [0, 0.1) is 5.92 Å². The third-order valence-electron chi connectivity index (χ3n) is 5.25. The van der Waals surface area contributed by atoms with Gasteiger partial charge in [0.2, 0.25) is 5.91 Å². The van der Waals surface area contributed by atoms with Gasteiger partial charge >= 0.3 is 0 Å². The predicted octanol–water partition coefficient (Wildman–Crippen LogP) is 4.31. The summed E-state index contributed by atoms with van der Waals surface area (Å²) in [7, 11) is 0. The quantitative estimate of drug-likeness (QED) is 0.787. The van der Waals surface area contributed by atoms with Gasteiger partial charge in [0.05, 0.1) is 0 Å². The summed E-state index contributed by atoms with van der Waals surface area (Å²) in [6.45, 7) is 8.33. The second-order valence-electron chi connectivity index (χ2n) is 7.67. The Balaban J connectivity index is 1.59. The first-order valence-corrected chi connectivity index (χ1v) is 11.0. The van der Waals surface area contributed by atoms with E-state index in [1.165, 1.54) is 16.9 Å². The molecule has 1 fully saturated rings. The molecule has 1 N–H and O–H groups in total. The maximum Gasteiger partial charge on any atom is 0.273 e. The number of nitrogens with one attached hydrogen (secondary N) is 1. The normalized spacial score (nSPS) is 15.1. The average Bonchev–Trinajstić information content (AvgIpc) is 3.22. The molecule has 3 rings (SSSR count). The number of rotatable bonds is 6. The van der Waals surface area contributed by atoms with Gasteiger partial charge in [-0.05, 0) is 30.7 Å². The Morgan fingerprint density at radius 2 is 1.89 bits per heavy atom. The van der Waals surface area contributed by atoms with Gasteiger partial charge in [-0.1, -0.05) is 45.0 Å². The minimum Gasteiger partial charge on any atom is -0.356 e. The van der Waals surface area contributed by atoms with Crippen molar-refractivity contribution in [2.45, 2.75) is 46.0 Å². The molecule has 0 radical (unpaired) electrons. The molecule has 1 aliphatic heterocycles. The molecule has 1 aromatic carbocycles. The van der Waals surface area contributed by atoms with Crippen LogP contribution in [-0.4, -0.2) is 41.3 Å². The second kappa shape index (κ2) is 9.32. The molecular weight excluding hydrogens is 370 g/mol. The lowest BCUT2D eigenvalue weighted by molar-refractivity contribution is -0.126. The lowest BCUT2D eigenvalue weighted by atomic mass is 9.95. The fourth-order valence-electron chi connectivity index (χ4n) is 3.41. The van der Waals surface area contributed by atoms with Crippen molar-refractivity contribution in [3.05, 3.63) is 40.9 Å². The van der Waals surface area contributed by atoms with E-state index in [-0.39, 0.29) is 17.7 Å². The lowest BCUT2D eigenvalue weighted by Crippen LogP contribution is -2.43. The van der Waals surface area contributed by atoms with E-state index in [1.54, 1.807) is 0 Å². The molecule has 1 saturated heterocycles. The van der Waals surface area contributed by atoms with E-state index in [1.807, 2.05) is 17.2 Å². The van der Waals surface area contributed by atoms with Crippen molar-refractivity contribution >= 4 is 23.2 Å². The molecule has 0 atom stereocenters. The van der Waals surface area contributed by atoms with E-state index in [9.17, 15) is 9.59 Å². The maximum absolute atomic E-state index is 12.8. The molecule has 1 aromatic heterocycles. The number of amides is 2. The molecule has 5 nitrogen and oxygen atoms in total. The molecule has 0 saturated carbocycles. The van der Waals surface area contributed by atoms with Gasteiger partial charge in [-0.3, -0.25) is 9.59 Å². The molecular formula is C22H29N3O2S. The van der Waals surface area contributed by atoms with E-state index in [4.69, 9.17) is 0 Å². The molecule has 0 spiro atoms. The van der Waals surface area contributed by atoms with E-state index in [0.29, 0.717) is 24.7 Å². The Morgan fingerprint density at radius 1 is 1.21 bits per heavy atom. The highest BCUT2D eigenvalue weighted by Gasteiger charge is 2.28. The number of carbonyl (C=O) groups is 2. The Bertz CT molecular complexity index is 805. The second-order valence-corrected chi connectivity index (χ2v) is 8.53. The van der Waals surface area contributed by atoms with Crippen LogP contribution in [0.2, 0.25) is 0 Å². The van der Waals surface area contributed by atoms with Gasteiger partial charge in [-0.15, -0.1) is 11.3 Å². The highest BCUT2D eigenvalue weighted by molar-refractivity contribution is 7.13.